The maximum Gasteiger partial charge on any atom is 0.266 e. The molecule has 0 unspecified atom stereocenters. The molecule has 0 bridgehead atoms. The molecule has 0 radical (unpaired) electrons. The fourth-order valence-electron chi connectivity index (χ4n) is 1.57. The Labute approximate surface area is 86.6 Å². The third kappa shape index (κ3) is 1.29. The highest BCUT2D eigenvalue weighted by Crippen LogP contribution is 2.24. The molecular formula is C9H11N3OS. The first kappa shape index (κ1) is 9.21. The number of hydrogen-bond acceptors (Lipinski definition) is 3. The Morgan fingerprint density at radius 1 is 1.50 bits per heavy atom. The summed E-state index contributed by atoms with van der Waals surface area (Å²) >= 11 is 4.88. The third-order valence-electron chi connectivity index (χ3n) is 2.30. The van der Waals surface area contributed by atoms with Gasteiger partial charge in [-0.05, 0) is 26.1 Å². The van der Waals surface area contributed by atoms with E-state index in [2.05, 4.69) is 10.1 Å². The van der Waals surface area contributed by atoms with Crippen molar-refractivity contribution in [3.63, 3.8) is 0 Å². The molecule has 5 heteroatoms. The first-order valence-corrected chi connectivity index (χ1v) is 4.69. The van der Waals surface area contributed by atoms with E-state index in [4.69, 9.17) is 16.6 Å². The molecule has 2 aromatic rings. The van der Waals surface area contributed by atoms with Crippen LogP contribution < -0.4 is 0 Å². The van der Waals surface area contributed by atoms with Gasteiger partial charge in [-0.2, -0.15) is 5.10 Å². The summed E-state index contributed by atoms with van der Waals surface area (Å²) in [6.45, 7) is 3.98. The Hall–Kier alpha value is -1.36. The predicted molar refractivity (Wildman–Crippen MR) is 55.6 cm³/mol. The second kappa shape index (κ2) is 3.09. The van der Waals surface area contributed by atoms with E-state index in [1.807, 2.05) is 25.6 Å². The quantitative estimate of drug-likeness (QED) is 0.733. The van der Waals surface area contributed by atoms with Crippen LogP contribution >= 0.6 is 12.2 Å². The van der Waals surface area contributed by atoms with Crippen LogP contribution in [0.5, 0.6) is 0 Å². The number of nitrogens with zero attached hydrogens (tertiary/aromatic N) is 2. The number of hydrogen-bond donors (Lipinski definition) is 1. The van der Waals surface area contributed by atoms with Gasteiger partial charge < -0.3 is 9.40 Å². The van der Waals surface area contributed by atoms with Gasteiger partial charge in [-0.3, -0.25) is 4.68 Å². The molecule has 0 spiro atoms. The summed E-state index contributed by atoms with van der Waals surface area (Å²) in [5.41, 5.74) is 4.01. The lowest BCUT2D eigenvalue weighted by Gasteiger charge is -1.96. The highest BCUT2D eigenvalue weighted by atomic mass is 32.1. The van der Waals surface area contributed by atoms with Crippen molar-refractivity contribution in [3.8, 4) is 11.3 Å². The number of rotatable bonds is 1. The SMILES string of the molecule is Cc1nn(C)c(C)c1-c1coc(=S)[nH]1. The molecule has 2 heterocycles. The van der Waals surface area contributed by atoms with E-state index < -0.39 is 0 Å². The average Bonchev–Trinajstić information content (AvgIpc) is 2.60. The Bertz CT molecular complexity index is 520. The zero-order valence-electron chi connectivity index (χ0n) is 8.29. The van der Waals surface area contributed by atoms with Gasteiger partial charge in [-0.15, -0.1) is 0 Å². The second-order valence-corrected chi connectivity index (χ2v) is 3.60. The van der Waals surface area contributed by atoms with Gasteiger partial charge in [0.2, 0.25) is 0 Å². The molecule has 0 aliphatic heterocycles. The van der Waals surface area contributed by atoms with E-state index in [1.54, 1.807) is 6.26 Å². The van der Waals surface area contributed by atoms with E-state index in [-0.39, 0.29) is 0 Å². The molecule has 0 fully saturated rings. The summed E-state index contributed by atoms with van der Waals surface area (Å²) in [6, 6.07) is 0. The maximum atomic E-state index is 5.06. The van der Waals surface area contributed by atoms with Crippen LogP contribution in [0.4, 0.5) is 0 Å². The topological polar surface area (TPSA) is 46.8 Å². The zero-order chi connectivity index (χ0) is 10.3. The molecule has 0 atom stereocenters. The van der Waals surface area contributed by atoms with Crippen molar-refractivity contribution in [2.75, 3.05) is 0 Å². The van der Waals surface area contributed by atoms with Crippen molar-refractivity contribution in [1.82, 2.24) is 14.8 Å². The minimum absolute atomic E-state index is 0.391. The Morgan fingerprint density at radius 3 is 2.64 bits per heavy atom. The molecule has 0 aromatic carbocycles. The fraction of sp³-hybridized carbons (Fsp3) is 0.333. The standard InChI is InChI=1S/C9H11N3OS/c1-5-8(6(2)12(3)11-5)7-4-13-9(14)10-7/h4H,1-3H3,(H,10,14). The van der Waals surface area contributed by atoms with E-state index in [1.165, 1.54) is 0 Å². The van der Waals surface area contributed by atoms with Crippen LogP contribution in [0.1, 0.15) is 11.4 Å². The minimum Gasteiger partial charge on any atom is -0.437 e. The highest BCUT2D eigenvalue weighted by Gasteiger charge is 2.12. The Morgan fingerprint density at radius 2 is 2.21 bits per heavy atom. The first-order valence-electron chi connectivity index (χ1n) is 4.28. The molecule has 0 amide bonds. The monoisotopic (exact) mass is 209 g/mol. The number of aryl methyl sites for hydroxylation is 2. The number of aromatic amines is 1. The van der Waals surface area contributed by atoms with E-state index >= 15 is 0 Å². The summed E-state index contributed by atoms with van der Waals surface area (Å²) in [7, 11) is 1.92. The Kier molecular flexibility index (Phi) is 2.03. The van der Waals surface area contributed by atoms with Crippen LogP contribution in [0, 0.1) is 18.7 Å². The largest absolute Gasteiger partial charge is 0.437 e. The Balaban J connectivity index is 2.67. The molecular weight excluding hydrogens is 198 g/mol. The third-order valence-corrected chi connectivity index (χ3v) is 2.50. The second-order valence-electron chi connectivity index (χ2n) is 3.23. The molecule has 0 aliphatic rings. The summed E-state index contributed by atoms with van der Waals surface area (Å²) in [5.74, 6) is 0. The molecule has 0 aliphatic carbocycles. The summed E-state index contributed by atoms with van der Waals surface area (Å²) < 4.78 is 6.90. The van der Waals surface area contributed by atoms with Crippen LogP contribution in [0.25, 0.3) is 11.3 Å². The van der Waals surface area contributed by atoms with Gasteiger partial charge in [0.05, 0.1) is 11.4 Å². The minimum atomic E-state index is 0.391. The smallest absolute Gasteiger partial charge is 0.266 e. The fourth-order valence-corrected chi connectivity index (χ4v) is 1.72. The molecule has 14 heavy (non-hydrogen) atoms. The van der Waals surface area contributed by atoms with Crippen LogP contribution in [-0.4, -0.2) is 14.8 Å². The van der Waals surface area contributed by atoms with Gasteiger partial charge in [0.25, 0.3) is 4.84 Å². The number of nitrogens with one attached hydrogen (secondary N) is 1. The lowest BCUT2D eigenvalue weighted by atomic mass is 10.1. The van der Waals surface area contributed by atoms with E-state index in [0.717, 1.165) is 22.6 Å². The van der Waals surface area contributed by atoms with Crippen LogP contribution in [0.15, 0.2) is 10.7 Å². The van der Waals surface area contributed by atoms with Crippen LogP contribution in [0.3, 0.4) is 0 Å². The van der Waals surface area contributed by atoms with Gasteiger partial charge in [-0.25, -0.2) is 0 Å². The zero-order valence-corrected chi connectivity index (χ0v) is 9.10. The van der Waals surface area contributed by atoms with Gasteiger partial charge in [0, 0.05) is 18.3 Å². The van der Waals surface area contributed by atoms with Crippen molar-refractivity contribution < 1.29 is 4.42 Å². The molecule has 0 saturated heterocycles. The van der Waals surface area contributed by atoms with Gasteiger partial charge >= 0.3 is 0 Å². The van der Waals surface area contributed by atoms with Gasteiger partial charge in [-0.1, -0.05) is 0 Å². The first-order chi connectivity index (χ1) is 6.59. The lowest BCUT2D eigenvalue weighted by Crippen LogP contribution is -1.92. The average molecular weight is 209 g/mol. The van der Waals surface area contributed by atoms with Crippen molar-refractivity contribution in [2.45, 2.75) is 13.8 Å². The van der Waals surface area contributed by atoms with E-state index in [0.29, 0.717) is 4.84 Å². The van der Waals surface area contributed by atoms with Crippen molar-refractivity contribution in [2.24, 2.45) is 7.05 Å². The van der Waals surface area contributed by atoms with Crippen molar-refractivity contribution >= 4 is 12.2 Å². The lowest BCUT2D eigenvalue weighted by molar-refractivity contribution is 0.541. The van der Waals surface area contributed by atoms with Crippen LogP contribution in [-0.2, 0) is 7.05 Å². The van der Waals surface area contributed by atoms with E-state index in [9.17, 15) is 0 Å². The number of H-pyrrole nitrogens is 1. The van der Waals surface area contributed by atoms with Crippen LogP contribution in [0.2, 0.25) is 0 Å². The molecule has 0 saturated carbocycles. The molecule has 1 N–H and O–H groups in total. The maximum absolute atomic E-state index is 5.06. The molecule has 2 rings (SSSR count). The highest BCUT2D eigenvalue weighted by molar-refractivity contribution is 7.71. The number of aromatic nitrogens is 3. The summed E-state index contributed by atoms with van der Waals surface area (Å²) in [4.78, 5) is 3.37. The number of oxazole rings is 1. The summed E-state index contributed by atoms with van der Waals surface area (Å²) in [5, 5.41) is 4.32. The molecule has 2 aromatic heterocycles. The van der Waals surface area contributed by atoms with Crippen molar-refractivity contribution in [1.29, 1.82) is 0 Å². The van der Waals surface area contributed by atoms with Gasteiger partial charge in [0.1, 0.15) is 6.26 Å². The van der Waals surface area contributed by atoms with Gasteiger partial charge in [0.15, 0.2) is 0 Å². The molecule has 4 nitrogen and oxygen atoms in total. The normalized spacial score (nSPS) is 10.8. The predicted octanol–water partition coefficient (Wildman–Crippen LogP) is 2.35. The molecule has 74 valence electrons. The summed E-state index contributed by atoms with van der Waals surface area (Å²) in [6.07, 6.45) is 1.62. The van der Waals surface area contributed by atoms with Crippen molar-refractivity contribution in [3.05, 3.63) is 22.5 Å².